The van der Waals surface area contributed by atoms with Gasteiger partial charge in [-0.25, -0.2) is 4.57 Å². The summed E-state index contributed by atoms with van der Waals surface area (Å²) in [6.45, 7) is 4.23. The van der Waals surface area contributed by atoms with E-state index in [2.05, 4.69) is 92.8 Å². The van der Waals surface area contributed by atoms with E-state index in [0.29, 0.717) is 23.9 Å². The van der Waals surface area contributed by atoms with E-state index in [-0.39, 0.29) is 32.0 Å². The van der Waals surface area contributed by atoms with Gasteiger partial charge >= 0.3 is 19.8 Å². The molecule has 10 heteroatoms. The minimum Gasteiger partial charge on any atom is -0.462 e. The van der Waals surface area contributed by atoms with E-state index in [0.717, 1.165) is 64.2 Å². The molecule has 0 spiro atoms. The highest BCUT2D eigenvalue weighted by Crippen LogP contribution is 2.43. The molecule has 61 heavy (non-hydrogen) atoms. The fourth-order valence-corrected chi connectivity index (χ4v) is 6.74. The number of carbonyl (C=O) groups excluding carboxylic acids is 2. The Balaban J connectivity index is 4.43. The number of esters is 2. The Morgan fingerprint density at radius 1 is 0.525 bits per heavy atom. The van der Waals surface area contributed by atoms with Crippen LogP contribution in [0.5, 0.6) is 0 Å². The summed E-state index contributed by atoms with van der Waals surface area (Å²) in [7, 11) is 1.43. The molecule has 0 aliphatic carbocycles. The van der Waals surface area contributed by atoms with Crippen LogP contribution in [0.1, 0.15) is 174 Å². The third kappa shape index (κ3) is 46.5. The van der Waals surface area contributed by atoms with E-state index in [1.54, 1.807) is 0 Å². The normalized spacial score (nSPS) is 14.3. The molecule has 0 aliphatic rings. The predicted octanol–water partition coefficient (Wildman–Crippen LogP) is 14.0. The maximum Gasteiger partial charge on any atom is 0.472 e. The molecule has 0 rings (SSSR count). The predicted molar refractivity (Wildman–Crippen MR) is 256 cm³/mol. The summed E-state index contributed by atoms with van der Waals surface area (Å²) >= 11 is 0. The number of allylic oxidation sites excluding steroid dienone is 14. The first kappa shape index (κ1) is 58.2. The zero-order chi connectivity index (χ0) is 45.0. The largest absolute Gasteiger partial charge is 0.472 e. The molecule has 0 saturated heterocycles. The summed E-state index contributed by atoms with van der Waals surface area (Å²) in [4.78, 5) is 35.4. The van der Waals surface area contributed by atoms with Crippen LogP contribution < -0.4 is 0 Å². The number of hydrogen-bond donors (Lipinski definition) is 1. The van der Waals surface area contributed by atoms with E-state index in [4.69, 9.17) is 18.5 Å². The molecule has 2 unspecified atom stereocenters. The van der Waals surface area contributed by atoms with Gasteiger partial charge in [0.2, 0.25) is 0 Å². The summed E-state index contributed by atoms with van der Waals surface area (Å²) in [5.41, 5.74) is 0. The van der Waals surface area contributed by atoms with Gasteiger partial charge in [0.1, 0.15) is 19.8 Å². The molecular formula is C51H89NO8P+. The molecule has 2 atom stereocenters. The molecular weight excluding hydrogens is 786 g/mol. The first-order chi connectivity index (χ1) is 29.5. The fraction of sp³-hybridized carbons (Fsp3) is 0.686. The molecule has 1 N–H and O–H groups in total. The van der Waals surface area contributed by atoms with Gasteiger partial charge in [-0.15, -0.1) is 0 Å². The molecule has 0 aliphatic heterocycles. The van der Waals surface area contributed by atoms with Crippen LogP contribution >= 0.6 is 7.82 Å². The Bertz CT molecular complexity index is 1310. The molecule has 0 bridgehead atoms. The minimum absolute atomic E-state index is 0.0174. The van der Waals surface area contributed by atoms with Gasteiger partial charge in [-0.1, -0.05) is 182 Å². The number of carbonyl (C=O) groups is 2. The van der Waals surface area contributed by atoms with Crippen molar-refractivity contribution in [2.45, 2.75) is 180 Å². The zero-order valence-corrected chi connectivity index (χ0v) is 40.3. The molecule has 0 heterocycles. The Kier molecular flexibility index (Phi) is 40.5. The quantitative estimate of drug-likeness (QED) is 0.0212. The standard InChI is InChI=1S/C51H88NO8P/c1-6-8-10-12-14-16-18-20-22-23-24-25-26-27-28-29-30-32-34-36-38-40-42-44-51(54)60-49(48-59-61(55,56)58-46-45-52(3,4)5)47-57-50(53)43-41-39-37-35-33-31-21-19-17-15-13-11-9-7-2/h8,10,14,16,20,22,24-25,27-28,30,32,36,38,49H,6-7,9,11-13,15,17-19,21,23,26,29,31,33-35,37,39-48H2,1-5H3/p+1/b10-8-,16-14-,22-20-,25-24-,28-27-,32-30-,38-36-. The second kappa shape index (κ2) is 42.5. The van der Waals surface area contributed by atoms with E-state index >= 15 is 0 Å². The van der Waals surface area contributed by atoms with Gasteiger partial charge in [0.05, 0.1) is 27.7 Å². The Labute approximate surface area is 373 Å². The van der Waals surface area contributed by atoms with Crippen LogP contribution in [-0.2, 0) is 32.7 Å². The van der Waals surface area contributed by atoms with Crippen LogP contribution in [0.4, 0.5) is 0 Å². The number of quaternary nitrogens is 1. The van der Waals surface area contributed by atoms with Crippen LogP contribution in [0.3, 0.4) is 0 Å². The van der Waals surface area contributed by atoms with Gasteiger partial charge < -0.3 is 18.9 Å². The highest BCUT2D eigenvalue weighted by Gasteiger charge is 2.27. The van der Waals surface area contributed by atoms with Crippen molar-refractivity contribution in [2.24, 2.45) is 0 Å². The maximum atomic E-state index is 12.7. The summed E-state index contributed by atoms with van der Waals surface area (Å²) in [6, 6.07) is 0. The molecule has 350 valence electrons. The molecule has 0 fully saturated rings. The van der Waals surface area contributed by atoms with Crippen molar-refractivity contribution in [2.75, 3.05) is 47.5 Å². The molecule has 0 saturated carbocycles. The van der Waals surface area contributed by atoms with Gasteiger partial charge in [-0.3, -0.25) is 18.6 Å². The third-order valence-electron chi connectivity index (χ3n) is 9.69. The smallest absolute Gasteiger partial charge is 0.462 e. The highest BCUT2D eigenvalue weighted by molar-refractivity contribution is 7.47. The van der Waals surface area contributed by atoms with Crippen LogP contribution in [0, 0.1) is 0 Å². The third-order valence-corrected chi connectivity index (χ3v) is 10.7. The summed E-state index contributed by atoms with van der Waals surface area (Å²) in [5, 5.41) is 0. The van der Waals surface area contributed by atoms with Crippen molar-refractivity contribution < 1.29 is 42.1 Å². The average molecular weight is 875 g/mol. The summed E-state index contributed by atoms with van der Waals surface area (Å²) < 4.78 is 34.3. The number of nitrogens with zero attached hydrogens (tertiary/aromatic N) is 1. The number of ether oxygens (including phenoxy) is 2. The lowest BCUT2D eigenvalue weighted by Gasteiger charge is -2.24. The topological polar surface area (TPSA) is 108 Å². The van der Waals surface area contributed by atoms with E-state index < -0.39 is 26.5 Å². The van der Waals surface area contributed by atoms with Crippen molar-refractivity contribution >= 4 is 19.8 Å². The van der Waals surface area contributed by atoms with Crippen LogP contribution in [0.15, 0.2) is 85.1 Å². The number of phosphoric ester groups is 1. The van der Waals surface area contributed by atoms with Crippen molar-refractivity contribution in [3.8, 4) is 0 Å². The van der Waals surface area contributed by atoms with Gasteiger partial charge in [0, 0.05) is 12.8 Å². The molecule has 0 amide bonds. The average Bonchev–Trinajstić information content (AvgIpc) is 3.21. The molecule has 0 aromatic heterocycles. The molecule has 0 radical (unpaired) electrons. The van der Waals surface area contributed by atoms with Crippen LogP contribution in [0.25, 0.3) is 0 Å². The first-order valence-electron chi connectivity index (χ1n) is 23.8. The van der Waals surface area contributed by atoms with Crippen molar-refractivity contribution in [3.63, 3.8) is 0 Å². The lowest BCUT2D eigenvalue weighted by molar-refractivity contribution is -0.870. The second-order valence-electron chi connectivity index (χ2n) is 16.8. The lowest BCUT2D eigenvalue weighted by Crippen LogP contribution is -2.37. The van der Waals surface area contributed by atoms with Crippen LogP contribution in [0.2, 0.25) is 0 Å². The van der Waals surface area contributed by atoms with E-state index in [1.165, 1.54) is 70.6 Å². The Morgan fingerprint density at radius 3 is 1.38 bits per heavy atom. The highest BCUT2D eigenvalue weighted by atomic mass is 31.2. The number of rotatable bonds is 42. The lowest BCUT2D eigenvalue weighted by atomic mass is 10.0. The number of phosphoric acid groups is 1. The van der Waals surface area contributed by atoms with Gasteiger partial charge in [-0.05, 0) is 64.2 Å². The Hall–Kier alpha value is -2.81. The summed E-state index contributed by atoms with van der Waals surface area (Å²) in [5.74, 6) is -0.871. The molecule has 0 aromatic carbocycles. The first-order valence-corrected chi connectivity index (χ1v) is 25.3. The van der Waals surface area contributed by atoms with Gasteiger partial charge in [-0.2, -0.15) is 0 Å². The minimum atomic E-state index is -4.40. The van der Waals surface area contributed by atoms with E-state index in [1.807, 2.05) is 27.2 Å². The number of unbranched alkanes of at least 4 members (excludes halogenated alkanes) is 14. The van der Waals surface area contributed by atoms with Crippen molar-refractivity contribution in [1.82, 2.24) is 0 Å². The molecule has 0 aromatic rings. The van der Waals surface area contributed by atoms with Crippen molar-refractivity contribution in [3.05, 3.63) is 85.1 Å². The number of likely N-dealkylation sites (N-methyl/N-ethyl adjacent to an activating group) is 1. The van der Waals surface area contributed by atoms with Gasteiger partial charge in [0.25, 0.3) is 0 Å². The fourth-order valence-electron chi connectivity index (χ4n) is 6.00. The van der Waals surface area contributed by atoms with Crippen LogP contribution in [-0.4, -0.2) is 74.9 Å². The summed E-state index contributed by atoms with van der Waals surface area (Å²) in [6.07, 6.45) is 55.0. The van der Waals surface area contributed by atoms with Crippen molar-refractivity contribution in [1.29, 1.82) is 0 Å². The number of hydrogen-bond acceptors (Lipinski definition) is 7. The Morgan fingerprint density at radius 2 is 0.934 bits per heavy atom. The van der Waals surface area contributed by atoms with E-state index in [9.17, 15) is 19.0 Å². The van der Waals surface area contributed by atoms with Gasteiger partial charge in [0.15, 0.2) is 6.10 Å². The SMILES string of the molecule is CC/C=C\C/C=C\C/C=C\C/C=C\C/C=C\C/C=C\C/C=C\CCCC(=O)OC(COC(=O)CCCCCCCCCCCCCCCC)COP(=O)(O)OCC[N+](C)(C)C. The maximum absolute atomic E-state index is 12.7. The second-order valence-corrected chi connectivity index (χ2v) is 18.2. The molecule has 9 nitrogen and oxygen atoms in total. The zero-order valence-electron chi connectivity index (χ0n) is 39.4. The monoisotopic (exact) mass is 875 g/mol.